The molecular formula is C5H7NO3S. The molecule has 0 amide bonds. The lowest BCUT2D eigenvalue weighted by Gasteiger charge is -1.85. The Morgan fingerprint density at radius 3 is 2.90 bits per heavy atom. The number of oxazole rings is 1. The Morgan fingerprint density at radius 1 is 1.60 bits per heavy atom. The summed E-state index contributed by atoms with van der Waals surface area (Å²) >= 11 is 0. The monoisotopic (exact) mass is 161 g/mol. The number of aromatic nitrogens is 1. The van der Waals surface area contributed by atoms with Crippen LogP contribution in [0.1, 0.15) is 5.76 Å². The van der Waals surface area contributed by atoms with E-state index in [2.05, 4.69) is 4.98 Å². The molecule has 1 rings (SSSR count). The van der Waals surface area contributed by atoms with Crippen LogP contribution in [0.25, 0.3) is 0 Å². The zero-order valence-electron chi connectivity index (χ0n) is 5.19. The second-order valence-electron chi connectivity index (χ2n) is 1.77. The Kier molecular flexibility index (Phi) is 2.44. The fourth-order valence-corrected chi connectivity index (χ4v) is 0.970. The van der Waals surface area contributed by atoms with E-state index in [0.717, 1.165) is 0 Å². The van der Waals surface area contributed by atoms with Gasteiger partial charge in [-0.2, -0.15) is 0 Å². The molecule has 0 spiro atoms. The van der Waals surface area contributed by atoms with E-state index in [9.17, 15) is 8.42 Å². The van der Waals surface area contributed by atoms with Crippen LogP contribution in [0.15, 0.2) is 17.0 Å². The van der Waals surface area contributed by atoms with Gasteiger partial charge in [0.05, 0.1) is 11.9 Å². The van der Waals surface area contributed by atoms with Crippen molar-refractivity contribution < 1.29 is 12.8 Å². The highest BCUT2D eigenvalue weighted by Crippen LogP contribution is 1.96. The molecular weight excluding hydrogens is 154 g/mol. The van der Waals surface area contributed by atoms with Gasteiger partial charge in [0.15, 0.2) is 6.39 Å². The Labute approximate surface area is 59.8 Å². The predicted molar refractivity (Wildman–Crippen MR) is 35.4 cm³/mol. The molecule has 0 aliphatic heterocycles. The van der Waals surface area contributed by atoms with Crippen molar-refractivity contribution in [3.8, 4) is 0 Å². The number of thiol groups is 1. The number of aryl methyl sites for hydroxylation is 1. The molecule has 0 unspecified atom stereocenters. The van der Waals surface area contributed by atoms with Gasteiger partial charge in [-0.15, -0.1) is 0 Å². The van der Waals surface area contributed by atoms with Gasteiger partial charge < -0.3 is 4.42 Å². The molecule has 0 saturated heterocycles. The summed E-state index contributed by atoms with van der Waals surface area (Å²) in [5.74, 6) is 0.740. The maximum absolute atomic E-state index is 10.1. The highest BCUT2D eigenvalue weighted by atomic mass is 32.2. The van der Waals surface area contributed by atoms with Gasteiger partial charge in [-0.25, -0.2) is 13.4 Å². The average Bonchev–Trinajstić information content (AvgIpc) is 2.34. The summed E-state index contributed by atoms with van der Waals surface area (Å²) in [5.41, 5.74) is 0. The minimum absolute atomic E-state index is 0.129. The van der Waals surface area contributed by atoms with Gasteiger partial charge in [-0.05, 0) is 0 Å². The minimum atomic E-state index is -2.29. The minimum Gasteiger partial charge on any atom is -0.448 e. The highest BCUT2D eigenvalue weighted by molar-refractivity contribution is 7.72. The second kappa shape index (κ2) is 3.36. The van der Waals surface area contributed by atoms with Gasteiger partial charge in [0.2, 0.25) is 0 Å². The van der Waals surface area contributed by atoms with E-state index in [1.165, 1.54) is 12.6 Å². The SMILES string of the molecule is O=[SH](=O)CCc1cnco1. The Balaban J connectivity index is 2.42. The van der Waals surface area contributed by atoms with Crippen LogP contribution >= 0.6 is 0 Å². The van der Waals surface area contributed by atoms with Crippen LogP contribution in [0.4, 0.5) is 0 Å². The van der Waals surface area contributed by atoms with Crippen LogP contribution in [-0.2, 0) is 17.1 Å². The van der Waals surface area contributed by atoms with E-state index in [1.54, 1.807) is 0 Å². The van der Waals surface area contributed by atoms with Crippen molar-refractivity contribution in [1.29, 1.82) is 0 Å². The van der Waals surface area contributed by atoms with Crippen molar-refractivity contribution in [3.63, 3.8) is 0 Å². The number of rotatable bonds is 3. The normalized spacial score (nSPS) is 10.5. The molecule has 1 heterocycles. The summed E-state index contributed by atoms with van der Waals surface area (Å²) in [6.45, 7) is 0. The lowest BCUT2D eigenvalue weighted by atomic mass is 10.4. The molecule has 0 fully saturated rings. The van der Waals surface area contributed by atoms with Crippen LogP contribution in [0, 0.1) is 0 Å². The number of hydrogen-bond donors (Lipinski definition) is 1. The number of hydrogen-bond acceptors (Lipinski definition) is 4. The first-order chi connectivity index (χ1) is 4.79. The fourth-order valence-electron chi connectivity index (χ4n) is 0.567. The fraction of sp³-hybridized carbons (Fsp3) is 0.400. The van der Waals surface area contributed by atoms with E-state index in [4.69, 9.17) is 4.42 Å². The second-order valence-corrected chi connectivity index (χ2v) is 2.89. The van der Waals surface area contributed by atoms with Gasteiger partial charge in [-0.3, -0.25) is 0 Å². The lowest BCUT2D eigenvalue weighted by Crippen LogP contribution is -1.91. The summed E-state index contributed by atoms with van der Waals surface area (Å²) in [4.78, 5) is 3.64. The molecule has 1 aromatic heterocycles. The molecule has 0 aliphatic rings. The van der Waals surface area contributed by atoms with E-state index in [1.807, 2.05) is 0 Å². The quantitative estimate of drug-likeness (QED) is 0.625. The van der Waals surface area contributed by atoms with Crippen molar-refractivity contribution in [2.45, 2.75) is 6.42 Å². The highest BCUT2D eigenvalue weighted by Gasteiger charge is 1.95. The summed E-state index contributed by atoms with van der Waals surface area (Å²) < 4.78 is 24.9. The molecule has 0 saturated carbocycles. The van der Waals surface area contributed by atoms with Crippen molar-refractivity contribution >= 4 is 10.7 Å². The van der Waals surface area contributed by atoms with Crippen LogP contribution in [0.2, 0.25) is 0 Å². The van der Waals surface area contributed by atoms with Crippen LogP contribution < -0.4 is 0 Å². The first-order valence-corrected chi connectivity index (χ1v) is 4.14. The largest absolute Gasteiger partial charge is 0.448 e. The summed E-state index contributed by atoms with van der Waals surface area (Å²) in [7, 11) is -2.29. The van der Waals surface area contributed by atoms with Gasteiger partial charge >= 0.3 is 0 Å². The van der Waals surface area contributed by atoms with Crippen molar-refractivity contribution in [1.82, 2.24) is 4.98 Å². The van der Waals surface area contributed by atoms with Crippen molar-refractivity contribution in [2.75, 3.05) is 5.75 Å². The van der Waals surface area contributed by atoms with Crippen LogP contribution in [-0.4, -0.2) is 19.2 Å². The molecule has 0 aliphatic carbocycles. The predicted octanol–water partition coefficient (Wildman–Crippen LogP) is -0.171. The summed E-state index contributed by atoms with van der Waals surface area (Å²) in [6, 6.07) is 0. The standard InChI is InChI=1S/C5H7NO3S/c7-10(8)2-1-5-3-6-4-9-5/h3-4,10H,1-2H2. The smallest absolute Gasteiger partial charge is 0.180 e. The van der Waals surface area contributed by atoms with E-state index < -0.39 is 10.7 Å². The Bertz CT molecular complexity index is 244. The van der Waals surface area contributed by atoms with Crippen molar-refractivity contribution in [2.24, 2.45) is 0 Å². The molecule has 0 N–H and O–H groups in total. The van der Waals surface area contributed by atoms with E-state index >= 15 is 0 Å². The molecule has 0 bridgehead atoms. The first-order valence-electron chi connectivity index (χ1n) is 2.78. The molecule has 5 heteroatoms. The third kappa shape index (κ3) is 2.18. The van der Waals surface area contributed by atoms with Gasteiger partial charge in [0.25, 0.3) is 0 Å². The molecule has 0 radical (unpaired) electrons. The summed E-state index contributed by atoms with van der Waals surface area (Å²) in [5, 5.41) is 0. The van der Waals surface area contributed by atoms with Gasteiger partial charge in [0.1, 0.15) is 16.5 Å². The van der Waals surface area contributed by atoms with E-state index in [-0.39, 0.29) is 5.75 Å². The lowest BCUT2D eigenvalue weighted by molar-refractivity contribution is 0.509. The topological polar surface area (TPSA) is 60.2 Å². The zero-order valence-corrected chi connectivity index (χ0v) is 6.08. The van der Waals surface area contributed by atoms with Crippen LogP contribution in [0.5, 0.6) is 0 Å². The van der Waals surface area contributed by atoms with Gasteiger partial charge in [-0.1, -0.05) is 0 Å². The van der Waals surface area contributed by atoms with Crippen LogP contribution in [0.3, 0.4) is 0 Å². The zero-order chi connectivity index (χ0) is 7.40. The maximum atomic E-state index is 10.1. The third-order valence-corrected chi connectivity index (χ3v) is 1.61. The van der Waals surface area contributed by atoms with Gasteiger partial charge in [0, 0.05) is 6.42 Å². The average molecular weight is 161 g/mol. The molecule has 0 atom stereocenters. The Hall–Kier alpha value is -0.840. The molecule has 56 valence electrons. The molecule has 4 nitrogen and oxygen atoms in total. The number of nitrogens with zero attached hydrogens (tertiary/aromatic N) is 1. The third-order valence-electron chi connectivity index (χ3n) is 1.02. The molecule has 0 aromatic carbocycles. The summed E-state index contributed by atoms with van der Waals surface area (Å²) in [6.07, 6.45) is 3.21. The first kappa shape index (κ1) is 7.27. The molecule has 1 aromatic rings. The molecule has 10 heavy (non-hydrogen) atoms. The van der Waals surface area contributed by atoms with Crippen molar-refractivity contribution in [3.05, 3.63) is 18.4 Å². The maximum Gasteiger partial charge on any atom is 0.180 e. The Morgan fingerprint density at radius 2 is 2.40 bits per heavy atom. The van der Waals surface area contributed by atoms with E-state index in [0.29, 0.717) is 12.2 Å².